The number of halogens is 1. The Hall–Kier alpha value is -1.85. The summed E-state index contributed by atoms with van der Waals surface area (Å²) in [6, 6.07) is 14.2. The number of aliphatic carboxylic acids is 1. The lowest BCUT2D eigenvalue weighted by atomic mass is 10.1. The first kappa shape index (κ1) is 15.5. The van der Waals surface area contributed by atoms with Gasteiger partial charge in [-0.1, -0.05) is 36.4 Å². The van der Waals surface area contributed by atoms with E-state index in [0.29, 0.717) is 17.9 Å². The van der Waals surface area contributed by atoms with E-state index in [0.717, 1.165) is 10.0 Å². The van der Waals surface area contributed by atoms with Crippen LogP contribution in [-0.2, 0) is 11.3 Å². The second kappa shape index (κ2) is 7.24. The number of hydrogen-bond donors (Lipinski definition) is 2. The topological polar surface area (TPSA) is 58.6 Å². The number of carboxylic acid groups (broad SMARTS) is 1. The molecular weight excluding hydrogens is 334 g/mol. The number of benzene rings is 2. The number of nitrogens with one attached hydrogen (secondary N) is 1. The van der Waals surface area contributed by atoms with Gasteiger partial charge in [0.25, 0.3) is 0 Å². The fraction of sp³-hybridized carbons (Fsp3) is 0.188. The summed E-state index contributed by atoms with van der Waals surface area (Å²) in [7, 11) is 1.57. The number of hydrogen-bond acceptors (Lipinski definition) is 3. The van der Waals surface area contributed by atoms with Crippen LogP contribution < -0.4 is 10.1 Å². The van der Waals surface area contributed by atoms with Gasteiger partial charge >= 0.3 is 5.97 Å². The number of rotatable bonds is 6. The monoisotopic (exact) mass is 349 g/mol. The van der Waals surface area contributed by atoms with Crippen LogP contribution in [0.4, 0.5) is 0 Å². The fourth-order valence-electron chi connectivity index (χ4n) is 2.03. The highest BCUT2D eigenvalue weighted by Gasteiger charge is 2.20. The lowest BCUT2D eigenvalue weighted by molar-refractivity contribution is -0.139. The molecule has 1 unspecified atom stereocenters. The molecule has 0 saturated heterocycles. The van der Waals surface area contributed by atoms with E-state index < -0.39 is 12.0 Å². The van der Waals surface area contributed by atoms with E-state index in [9.17, 15) is 9.90 Å². The standard InChI is InChI=1S/C16H16BrNO3/c1-21-14-8-7-12(9-13(14)17)15(16(19)20)18-10-11-5-3-2-4-6-11/h2-9,15,18H,10H2,1H3,(H,19,20). The second-order valence-corrected chi connectivity index (χ2v) is 5.39. The van der Waals surface area contributed by atoms with Crippen molar-refractivity contribution in [2.45, 2.75) is 12.6 Å². The van der Waals surface area contributed by atoms with Crippen molar-refractivity contribution in [3.05, 3.63) is 64.1 Å². The summed E-state index contributed by atoms with van der Waals surface area (Å²) in [5.74, 6) is -0.242. The zero-order valence-corrected chi connectivity index (χ0v) is 13.1. The molecule has 0 radical (unpaired) electrons. The fourth-order valence-corrected chi connectivity index (χ4v) is 2.58. The van der Waals surface area contributed by atoms with E-state index in [1.807, 2.05) is 30.3 Å². The Balaban J connectivity index is 2.15. The Morgan fingerprint density at radius 2 is 2.00 bits per heavy atom. The van der Waals surface area contributed by atoms with E-state index >= 15 is 0 Å². The normalized spacial score (nSPS) is 11.9. The molecule has 0 aliphatic heterocycles. The molecule has 2 aromatic rings. The van der Waals surface area contributed by atoms with Crippen molar-refractivity contribution in [1.29, 1.82) is 0 Å². The zero-order chi connectivity index (χ0) is 15.2. The van der Waals surface area contributed by atoms with Crippen molar-refractivity contribution < 1.29 is 14.6 Å². The third-order valence-electron chi connectivity index (χ3n) is 3.11. The predicted octanol–water partition coefficient (Wildman–Crippen LogP) is 3.37. The number of carboxylic acids is 1. The molecule has 2 rings (SSSR count). The van der Waals surface area contributed by atoms with E-state index in [4.69, 9.17) is 4.74 Å². The van der Waals surface area contributed by atoms with Crippen LogP contribution >= 0.6 is 15.9 Å². The van der Waals surface area contributed by atoms with Gasteiger partial charge in [0.2, 0.25) is 0 Å². The molecule has 0 amide bonds. The van der Waals surface area contributed by atoms with Crippen molar-refractivity contribution in [2.24, 2.45) is 0 Å². The Bertz CT molecular complexity index is 616. The largest absolute Gasteiger partial charge is 0.496 e. The molecule has 0 bridgehead atoms. The van der Waals surface area contributed by atoms with Crippen molar-refractivity contribution in [3.63, 3.8) is 0 Å². The smallest absolute Gasteiger partial charge is 0.325 e. The maximum atomic E-state index is 11.5. The average Bonchev–Trinajstić information content (AvgIpc) is 2.48. The average molecular weight is 350 g/mol. The highest BCUT2D eigenvalue weighted by Crippen LogP contribution is 2.28. The Morgan fingerprint density at radius 1 is 1.29 bits per heavy atom. The lowest BCUT2D eigenvalue weighted by Gasteiger charge is -2.16. The third-order valence-corrected chi connectivity index (χ3v) is 3.73. The first-order valence-electron chi connectivity index (χ1n) is 6.45. The van der Waals surface area contributed by atoms with Crippen LogP contribution in [0.1, 0.15) is 17.2 Å². The van der Waals surface area contributed by atoms with Gasteiger partial charge < -0.3 is 9.84 Å². The van der Waals surface area contributed by atoms with E-state index in [2.05, 4.69) is 21.2 Å². The molecule has 2 N–H and O–H groups in total. The summed E-state index contributed by atoms with van der Waals surface area (Å²) >= 11 is 3.38. The van der Waals surface area contributed by atoms with Crippen LogP contribution in [0.25, 0.3) is 0 Å². The molecule has 0 aliphatic carbocycles. The second-order valence-electron chi connectivity index (χ2n) is 4.53. The van der Waals surface area contributed by atoms with Crippen LogP contribution in [0.2, 0.25) is 0 Å². The summed E-state index contributed by atoms with van der Waals surface area (Å²) in [5.41, 5.74) is 1.71. The maximum absolute atomic E-state index is 11.5. The predicted molar refractivity (Wildman–Crippen MR) is 84.4 cm³/mol. The van der Waals surface area contributed by atoms with Crippen LogP contribution in [0.15, 0.2) is 53.0 Å². The SMILES string of the molecule is COc1ccc(C(NCc2ccccc2)C(=O)O)cc1Br. The summed E-state index contributed by atoms with van der Waals surface area (Å²) in [5, 5.41) is 12.5. The Labute approximate surface area is 131 Å². The summed E-state index contributed by atoms with van der Waals surface area (Å²) < 4.78 is 5.89. The van der Waals surface area contributed by atoms with Gasteiger partial charge in [-0.05, 0) is 39.2 Å². The highest BCUT2D eigenvalue weighted by atomic mass is 79.9. The molecule has 0 aliphatic rings. The van der Waals surface area contributed by atoms with Crippen LogP contribution in [0.3, 0.4) is 0 Å². The number of methoxy groups -OCH3 is 1. The molecule has 0 saturated carbocycles. The van der Waals surface area contributed by atoms with E-state index in [1.54, 1.807) is 25.3 Å². The van der Waals surface area contributed by atoms with Gasteiger partial charge in [0.15, 0.2) is 0 Å². The van der Waals surface area contributed by atoms with Gasteiger partial charge in [0.05, 0.1) is 11.6 Å². The molecule has 0 aromatic heterocycles. The van der Waals surface area contributed by atoms with E-state index in [-0.39, 0.29) is 0 Å². The summed E-state index contributed by atoms with van der Waals surface area (Å²) in [6.45, 7) is 0.488. The van der Waals surface area contributed by atoms with E-state index in [1.165, 1.54) is 0 Å². The minimum atomic E-state index is -0.914. The molecular formula is C16H16BrNO3. The molecule has 0 spiro atoms. The van der Waals surface area contributed by atoms with Crippen molar-refractivity contribution in [2.75, 3.05) is 7.11 Å². The van der Waals surface area contributed by atoms with Crippen molar-refractivity contribution >= 4 is 21.9 Å². The Morgan fingerprint density at radius 3 is 2.57 bits per heavy atom. The van der Waals surface area contributed by atoms with Gasteiger partial charge in [-0.15, -0.1) is 0 Å². The summed E-state index contributed by atoms with van der Waals surface area (Å²) in [4.78, 5) is 11.5. The quantitative estimate of drug-likeness (QED) is 0.839. The number of ether oxygens (including phenoxy) is 1. The Kier molecular flexibility index (Phi) is 5.36. The maximum Gasteiger partial charge on any atom is 0.325 e. The molecule has 0 heterocycles. The molecule has 21 heavy (non-hydrogen) atoms. The van der Waals surface area contributed by atoms with Crippen LogP contribution in [-0.4, -0.2) is 18.2 Å². The molecule has 1 atom stereocenters. The zero-order valence-electron chi connectivity index (χ0n) is 11.5. The van der Waals surface area contributed by atoms with Gasteiger partial charge in [0, 0.05) is 6.54 Å². The number of carbonyl (C=O) groups is 1. The van der Waals surface area contributed by atoms with Crippen molar-refractivity contribution in [3.8, 4) is 5.75 Å². The van der Waals surface area contributed by atoms with Gasteiger partial charge in [-0.25, -0.2) is 0 Å². The minimum Gasteiger partial charge on any atom is -0.496 e. The first-order chi connectivity index (χ1) is 10.1. The molecule has 110 valence electrons. The van der Waals surface area contributed by atoms with Gasteiger partial charge in [-0.3, -0.25) is 10.1 Å². The molecule has 5 heteroatoms. The molecule has 0 fully saturated rings. The molecule has 2 aromatic carbocycles. The van der Waals surface area contributed by atoms with Crippen LogP contribution in [0, 0.1) is 0 Å². The third kappa shape index (κ3) is 4.06. The minimum absolute atomic E-state index is 0.488. The molecule has 4 nitrogen and oxygen atoms in total. The van der Waals surface area contributed by atoms with Gasteiger partial charge in [0.1, 0.15) is 11.8 Å². The van der Waals surface area contributed by atoms with Crippen LogP contribution in [0.5, 0.6) is 5.75 Å². The van der Waals surface area contributed by atoms with Crippen molar-refractivity contribution in [1.82, 2.24) is 5.32 Å². The van der Waals surface area contributed by atoms with Gasteiger partial charge in [-0.2, -0.15) is 0 Å². The first-order valence-corrected chi connectivity index (χ1v) is 7.24. The summed E-state index contributed by atoms with van der Waals surface area (Å²) in [6.07, 6.45) is 0. The highest BCUT2D eigenvalue weighted by molar-refractivity contribution is 9.10. The lowest BCUT2D eigenvalue weighted by Crippen LogP contribution is -2.28.